The fourth-order valence-corrected chi connectivity index (χ4v) is 2.76. The molecule has 0 fully saturated rings. The summed E-state index contributed by atoms with van der Waals surface area (Å²) in [6, 6.07) is 12.6. The van der Waals surface area contributed by atoms with Crippen LogP contribution in [-0.2, 0) is 16.1 Å². The van der Waals surface area contributed by atoms with Crippen molar-refractivity contribution in [2.75, 3.05) is 25.0 Å². The zero-order valence-electron chi connectivity index (χ0n) is 15.4. The van der Waals surface area contributed by atoms with Crippen molar-refractivity contribution in [1.29, 1.82) is 0 Å². The second kappa shape index (κ2) is 10.3. The summed E-state index contributed by atoms with van der Waals surface area (Å²) in [5.74, 6) is -0.328. The van der Waals surface area contributed by atoms with Gasteiger partial charge in [-0.25, -0.2) is 0 Å². The zero-order chi connectivity index (χ0) is 19.8. The molecule has 2 amide bonds. The molecule has 27 heavy (non-hydrogen) atoms. The first kappa shape index (κ1) is 21.2. The molecule has 0 aromatic heterocycles. The first-order valence-corrected chi connectivity index (χ1v) is 9.42. The standard InChI is InChI=1S/C20H23Cl2N3O2/c1-3-25(12-19(26)23-11-15-5-8-16(21)9-6-15)13-20(27)24-18-10-17(22)7-4-14(18)2/h4-10H,3,11-13H2,1-2H3,(H,23,26)(H,24,27). The number of carbonyl (C=O) groups excluding carboxylic acids is 2. The maximum absolute atomic E-state index is 12.3. The van der Waals surface area contributed by atoms with E-state index in [1.54, 1.807) is 29.2 Å². The van der Waals surface area contributed by atoms with Crippen molar-refractivity contribution >= 4 is 40.7 Å². The van der Waals surface area contributed by atoms with Gasteiger partial charge in [0.15, 0.2) is 0 Å². The lowest BCUT2D eigenvalue weighted by Gasteiger charge is -2.20. The first-order valence-electron chi connectivity index (χ1n) is 8.67. The summed E-state index contributed by atoms with van der Waals surface area (Å²) >= 11 is 11.8. The van der Waals surface area contributed by atoms with Gasteiger partial charge in [0.25, 0.3) is 0 Å². The Morgan fingerprint density at radius 3 is 2.26 bits per heavy atom. The zero-order valence-corrected chi connectivity index (χ0v) is 16.9. The largest absolute Gasteiger partial charge is 0.351 e. The van der Waals surface area contributed by atoms with E-state index < -0.39 is 0 Å². The van der Waals surface area contributed by atoms with Gasteiger partial charge >= 0.3 is 0 Å². The van der Waals surface area contributed by atoms with Crippen molar-refractivity contribution in [2.45, 2.75) is 20.4 Å². The van der Waals surface area contributed by atoms with Crippen LogP contribution >= 0.6 is 23.2 Å². The summed E-state index contributed by atoms with van der Waals surface area (Å²) < 4.78 is 0. The quantitative estimate of drug-likeness (QED) is 0.697. The normalized spacial score (nSPS) is 10.7. The van der Waals surface area contributed by atoms with E-state index >= 15 is 0 Å². The average molecular weight is 408 g/mol. The Kier molecular flexibility index (Phi) is 8.10. The molecule has 0 saturated heterocycles. The number of anilines is 1. The summed E-state index contributed by atoms with van der Waals surface area (Å²) in [6.45, 7) is 5.07. The third-order valence-electron chi connectivity index (χ3n) is 4.06. The van der Waals surface area contributed by atoms with E-state index in [-0.39, 0.29) is 24.9 Å². The summed E-state index contributed by atoms with van der Waals surface area (Å²) in [4.78, 5) is 26.2. The number of benzene rings is 2. The van der Waals surface area contributed by atoms with Crippen molar-refractivity contribution in [1.82, 2.24) is 10.2 Å². The van der Waals surface area contributed by atoms with Gasteiger partial charge < -0.3 is 10.6 Å². The molecule has 7 heteroatoms. The van der Waals surface area contributed by atoms with Crippen LogP contribution in [0.25, 0.3) is 0 Å². The highest BCUT2D eigenvalue weighted by molar-refractivity contribution is 6.31. The minimum atomic E-state index is -0.187. The number of nitrogens with zero attached hydrogens (tertiary/aromatic N) is 1. The second-order valence-electron chi connectivity index (χ2n) is 6.21. The maximum atomic E-state index is 12.3. The van der Waals surface area contributed by atoms with E-state index in [9.17, 15) is 9.59 Å². The molecule has 0 spiro atoms. The van der Waals surface area contributed by atoms with Crippen LogP contribution in [0.5, 0.6) is 0 Å². The number of carbonyl (C=O) groups is 2. The lowest BCUT2D eigenvalue weighted by atomic mass is 10.2. The Morgan fingerprint density at radius 2 is 1.59 bits per heavy atom. The van der Waals surface area contributed by atoms with Crippen LogP contribution in [0.15, 0.2) is 42.5 Å². The minimum Gasteiger partial charge on any atom is -0.351 e. The van der Waals surface area contributed by atoms with Crippen molar-refractivity contribution < 1.29 is 9.59 Å². The first-order chi connectivity index (χ1) is 12.9. The molecule has 0 saturated carbocycles. The van der Waals surface area contributed by atoms with Crippen LogP contribution < -0.4 is 10.6 Å². The molecule has 0 heterocycles. The van der Waals surface area contributed by atoms with Gasteiger partial charge in [0.1, 0.15) is 0 Å². The number of rotatable bonds is 8. The molecule has 0 atom stereocenters. The molecule has 2 aromatic rings. The lowest BCUT2D eigenvalue weighted by molar-refractivity contribution is -0.123. The summed E-state index contributed by atoms with van der Waals surface area (Å²) in [7, 11) is 0. The number of likely N-dealkylation sites (N-methyl/N-ethyl adjacent to an activating group) is 1. The number of halogens is 2. The van der Waals surface area contributed by atoms with Gasteiger partial charge in [0.05, 0.1) is 13.1 Å². The smallest absolute Gasteiger partial charge is 0.238 e. The molecule has 0 aliphatic heterocycles. The number of hydrogen-bond acceptors (Lipinski definition) is 3. The van der Waals surface area contributed by atoms with Crippen LogP contribution in [0.3, 0.4) is 0 Å². The SMILES string of the molecule is CCN(CC(=O)NCc1ccc(Cl)cc1)CC(=O)Nc1cc(Cl)ccc1C. The molecule has 2 aromatic carbocycles. The number of hydrogen-bond donors (Lipinski definition) is 2. The number of amides is 2. The van der Waals surface area contributed by atoms with E-state index in [0.717, 1.165) is 11.1 Å². The van der Waals surface area contributed by atoms with Crippen LogP contribution in [0.2, 0.25) is 10.0 Å². The van der Waals surface area contributed by atoms with Crippen molar-refractivity contribution in [3.63, 3.8) is 0 Å². The highest BCUT2D eigenvalue weighted by Crippen LogP contribution is 2.20. The summed E-state index contributed by atoms with van der Waals surface area (Å²) in [6.07, 6.45) is 0. The van der Waals surface area contributed by atoms with Gasteiger partial charge in [-0.15, -0.1) is 0 Å². The van der Waals surface area contributed by atoms with Gasteiger partial charge in [-0.2, -0.15) is 0 Å². The van der Waals surface area contributed by atoms with E-state index in [4.69, 9.17) is 23.2 Å². The van der Waals surface area contributed by atoms with Crippen LogP contribution in [0, 0.1) is 6.92 Å². The van der Waals surface area contributed by atoms with E-state index in [2.05, 4.69) is 10.6 Å². The van der Waals surface area contributed by atoms with E-state index in [0.29, 0.717) is 28.8 Å². The van der Waals surface area contributed by atoms with Gasteiger partial charge in [-0.1, -0.05) is 48.3 Å². The van der Waals surface area contributed by atoms with Crippen molar-refractivity contribution in [2.24, 2.45) is 0 Å². The third kappa shape index (κ3) is 7.21. The topological polar surface area (TPSA) is 61.4 Å². The summed E-state index contributed by atoms with van der Waals surface area (Å²) in [5, 5.41) is 6.91. The Hall–Kier alpha value is -2.08. The molecule has 5 nitrogen and oxygen atoms in total. The Morgan fingerprint density at radius 1 is 0.963 bits per heavy atom. The highest BCUT2D eigenvalue weighted by atomic mass is 35.5. The van der Waals surface area contributed by atoms with Crippen LogP contribution in [-0.4, -0.2) is 36.3 Å². The second-order valence-corrected chi connectivity index (χ2v) is 7.09. The van der Waals surface area contributed by atoms with Gasteiger partial charge in [0.2, 0.25) is 11.8 Å². The molecule has 2 rings (SSSR count). The minimum absolute atomic E-state index is 0.122. The maximum Gasteiger partial charge on any atom is 0.238 e. The van der Waals surface area contributed by atoms with Crippen LogP contribution in [0.1, 0.15) is 18.1 Å². The fraction of sp³-hybridized carbons (Fsp3) is 0.300. The number of aryl methyl sites for hydroxylation is 1. The molecule has 144 valence electrons. The fourth-order valence-electron chi connectivity index (χ4n) is 2.46. The Balaban J connectivity index is 1.83. The highest BCUT2D eigenvalue weighted by Gasteiger charge is 2.14. The Bertz CT molecular complexity index is 794. The predicted octanol–water partition coefficient (Wildman–Crippen LogP) is 3.88. The lowest BCUT2D eigenvalue weighted by Crippen LogP contribution is -2.40. The van der Waals surface area contributed by atoms with Crippen molar-refractivity contribution in [3.8, 4) is 0 Å². The van der Waals surface area contributed by atoms with E-state index in [1.165, 1.54) is 0 Å². The molecule has 2 N–H and O–H groups in total. The molecule has 0 aliphatic carbocycles. The van der Waals surface area contributed by atoms with Crippen LogP contribution in [0.4, 0.5) is 5.69 Å². The molecular formula is C20H23Cl2N3O2. The van der Waals surface area contributed by atoms with Gasteiger partial charge in [-0.3, -0.25) is 14.5 Å². The van der Waals surface area contributed by atoms with Crippen molar-refractivity contribution in [3.05, 3.63) is 63.6 Å². The van der Waals surface area contributed by atoms with Gasteiger partial charge in [-0.05, 0) is 48.9 Å². The average Bonchev–Trinajstić information content (AvgIpc) is 2.63. The monoisotopic (exact) mass is 407 g/mol. The molecule has 0 bridgehead atoms. The third-order valence-corrected chi connectivity index (χ3v) is 4.55. The molecule has 0 unspecified atom stereocenters. The molecule has 0 aliphatic rings. The predicted molar refractivity (Wildman–Crippen MR) is 110 cm³/mol. The molecular weight excluding hydrogens is 385 g/mol. The molecule has 0 radical (unpaired) electrons. The number of nitrogens with one attached hydrogen (secondary N) is 2. The summed E-state index contributed by atoms with van der Waals surface area (Å²) in [5.41, 5.74) is 2.57. The van der Waals surface area contributed by atoms with E-state index in [1.807, 2.05) is 32.0 Å². The Labute approximate surface area is 169 Å². The van der Waals surface area contributed by atoms with Gasteiger partial charge in [0, 0.05) is 22.3 Å².